The lowest BCUT2D eigenvalue weighted by molar-refractivity contribution is -0.117. The fourth-order valence-corrected chi connectivity index (χ4v) is 2.35. The number of carbonyl (C=O) groups excluding carboxylic acids is 1. The molecule has 0 radical (unpaired) electrons. The zero-order valence-corrected chi connectivity index (χ0v) is 13.2. The van der Waals surface area contributed by atoms with E-state index >= 15 is 0 Å². The molecule has 0 atom stereocenters. The Kier molecular flexibility index (Phi) is 5.28. The van der Waals surface area contributed by atoms with Crippen molar-refractivity contribution in [3.05, 3.63) is 65.0 Å². The Morgan fingerprint density at radius 3 is 2.45 bits per heavy atom. The zero-order chi connectivity index (χ0) is 16.1. The molecule has 0 saturated carbocycles. The molecule has 2 aromatic rings. The maximum Gasteiger partial charge on any atom is 0.238 e. The number of carbonyl (C=O) groups is 1. The summed E-state index contributed by atoms with van der Waals surface area (Å²) in [7, 11) is 1.87. The SMILES string of the molecule is Cc1ccc(NC(=O)CN(C)Cc2ccc(F)cc2)c(C)c1. The van der Waals surface area contributed by atoms with E-state index in [1.165, 1.54) is 17.7 Å². The molecule has 0 bridgehead atoms. The van der Waals surface area contributed by atoms with Crippen molar-refractivity contribution in [2.24, 2.45) is 0 Å². The fourth-order valence-electron chi connectivity index (χ4n) is 2.35. The molecule has 1 N–H and O–H groups in total. The first-order chi connectivity index (χ1) is 10.4. The van der Waals surface area contributed by atoms with Gasteiger partial charge in [0.1, 0.15) is 5.82 Å². The zero-order valence-electron chi connectivity index (χ0n) is 13.2. The van der Waals surface area contributed by atoms with E-state index in [1.807, 2.05) is 44.0 Å². The van der Waals surface area contributed by atoms with E-state index in [0.717, 1.165) is 16.8 Å². The number of hydrogen-bond donors (Lipinski definition) is 1. The molecule has 0 unspecified atom stereocenters. The van der Waals surface area contributed by atoms with Crippen LogP contribution in [-0.2, 0) is 11.3 Å². The Bertz CT molecular complexity index is 653. The smallest absolute Gasteiger partial charge is 0.238 e. The third-order valence-electron chi connectivity index (χ3n) is 3.44. The van der Waals surface area contributed by atoms with E-state index < -0.39 is 0 Å². The number of halogens is 1. The van der Waals surface area contributed by atoms with Crippen LogP contribution in [0.5, 0.6) is 0 Å². The molecule has 0 fully saturated rings. The molecule has 4 heteroatoms. The van der Waals surface area contributed by atoms with Crippen LogP contribution < -0.4 is 5.32 Å². The molecule has 0 heterocycles. The predicted octanol–water partition coefficient (Wildman–Crippen LogP) is 3.51. The average Bonchev–Trinajstić information content (AvgIpc) is 2.44. The number of benzene rings is 2. The van der Waals surface area contributed by atoms with Gasteiger partial charge in [-0.3, -0.25) is 9.69 Å². The third-order valence-corrected chi connectivity index (χ3v) is 3.44. The van der Waals surface area contributed by atoms with Crippen molar-refractivity contribution in [3.8, 4) is 0 Å². The summed E-state index contributed by atoms with van der Waals surface area (Å²) < 4.78 is 12.9. The van der Waals surface area contributed by atoms with Gasteiger partial charge in [0.25, 0.3) is 0 Å². The molecular weight excluding hydrogens is 279 g/mol. The average molecular weight is 300 g/mol. The Balaban J connectivity index is 1.89. The highest BCUT2D eigenvalue weighted by molar-refractivity contribution is 5.92. The number of likely N-dealkylation sites (N-methyl/N-ethyl adjacent to an activating group) is 1. The van der Waals surface area contributed by atoms with Crippen molar-refractivity contribution in [3.63, 3.8) is 0 Å². The molecule has 0 aliphatic carbocycles. The minimum absolute atomic E-state index is 0.0587. The van der Waals surface area contributed by atoms with Gasteiger partial charge in [-0.2, -0.15) is 0 Å². The minimum Gasteiger partial charge on any atom is -0.325 e. The Hall–Kier alpha value is -2.20. The Labute approximate surface area is 130 Å². The molecule has 116 valence electrons. The standard InChI is InChI=1S/C18H21FN2O/c1-13-4-9-17(14(2)10-13)20-18(22)12-21(3)11-15-5-7-16(19)8-6-15/h4-10H,11-12H2,1-3H3,(H,20,22). The van der Waals surface area contributed by atoms with Crippen LogP contribution in [0.3, 0.4) is 0 Å². The summed E-state index contributed by atoms with van der Waals surface area (Å²) in [5.74, 6) is -0.310. The van der Waals surface area contributed by atoms with Crippen LogP contribution in [0.1, 0.15) is 16.7 Å². The highest BCUT2D eigenvalue weighted by Crippen LogP contribution is 2.16. The van der Waals surface area contributed by atoms with E-state index in [2.05, 4.69) is 5.32 Å². The van der Waals surface area contributed by atoms with Crippen molar-refractivity contribution in [1.82, 2.24) is 4.90 Å². The van der Waals surface area contributed by atoms with Crippen molar-refractivity contribution >= 4 is 11.6 Å². The lowest BCUT2D eigenvalue weighted by Crippen LogP contribution is -2.30. The lowest BCUT2D eigenvalue weighted by Gasteiger charge is -2.17. The van der Waals surface area contributed by atoms with Crippen molar-refractivity contribution in [2.75, 3.05) is 18.9 Å². The molecule has 0 aliphatic rings. The van der Waals surface area contributed by atoms with E-state index in [-0.39, 0.29) is 18.3 Å². The summed E-state index contributed by atoms with van der Waals surface area (Å²) in [6.45, 7) is 4.88. The van der Waals surface area contributed by atoms with Gasteiger partial charge in [0.2, 0.25) is 5.91 Å². The van der Waals surface area contributed by atoms with E-state index in [9.17, 15) is 9.18 Å². The van der Waals surface area contributed by atoms with Gasteiger partial charge in [-0.25, -0.2) is 4.39 Å². The quantitative estimate of drug-likeness (QED) is 0.916. The molecule has 22 heavy (non-hydrogen) atoms. The van der Waals surface area contributed by atoms with Gasteiger partial charge >= 0.3 is 0 Å². The van der Waals surface area contributed by atoms with Crippen LogP contribution in [0.25, 0.3) is 0 Å². The van der Waals surface area contributed by atoms with Gasteiger partial charge in [0, 0.05) is 12.2 Å². The summed E-state index contributed by atoms with van der Waals surface area (Å²) >= 11 is 0. The topological polar surface area (TPSA) is 32.3 Å². The molecule has 3 nitrogen and oxygen atoms in total. The molecule has 2 aromatic carbocycles. The molecule has 0 saturated heterocycles. The number of hydrogen-bond acceptors (Lipinski definition) is 2. The summed E-state index contributed by atoms with van der Waals surface area (Å²) in [6, 6.07) is 12.3. The number of nitrogens with one attached hydrogen (secondary N) is 1. The van der Waals surface area contributed by atoms with Crippen LogP contribution in [0.15, 0.2) is 42.5 Å². The second kappa shape index (κ2) is 7.18. The van der Waals surface area contributed by atoms with Gasteiger partial charge in [-0.1, -0.05) is 29.8 Å². The summed E-state index contributed by atoms with van der Waals surface area (Å²) in [5, 5.41) is 2.92. The first-order valence-corrected chi connectivity index (χ1v) is 7.24. The van der Waals surface area contributed by atoms with Gasteiger partial charge in [0.05, 0.1) is 6.54 Å². The number of rotatable bonds is 5. The number of nitrogens with zero attached hydrogens (tertiary/aromatic N) is 1. The normalized spacial score (nSPS) is 10.8. The number of anilines is 1. The molecule has 0 aromatic heterocycles. The molecule has 0 spiro atoms. The van der Waals surface area contributed by atoms with Gasteiger partial charge in [-0.05, 0) is 50.2 Å². The summed E-state index contributed by atoms with van der Waals surface area (Å²) in [5.41, 5.74) is 4.03. The van der Waals surface area contributed by atoms with Crippen LogP contribution in [-0.4, -0.2) is 24.4 Å². The molecule has 0 aliphatic heterocycles. The van der Waals surface area contributed by atoms with Crippen LogP contribution in [0.4, 0.5) is 10.1 Å². The van der Waals surface area contributed by atoms with Crippen LogP contribution >= 0.6 is 0 Å². The van der Waals surface area contributed by atoms with Crippen LogP contribution in [0, 0.1) is 19.7 Å². The van der Waals surface area contributed by atoms with Crippen molar-refractivity contribution in [2.45, 2.75) is 20.4 Å². The maximum atomic E-state index is 12.9. The second-order valence-corrected chi connectivity index (χ2v) is 5.67. The third kappa shape index (κ3) is 4.67. The largest absolute Gasteiger partial charge is 0.325 e. The van der Waals surface area contributed by atoms with Gasteiger partial charge in [-0.15, -0.1) is 0 Å². The summed E-state index contributed by atoms with van der Waals surface area (Å²) in [4.78, 5) is 14.0. The van der Waals surface area contributed by atoms with Gasteiger partial charge in [0.15, 0.2) is 0 Å². The first-order valence-electron chi connectivity index (χ1n) is 7.24. The molecule has 2 rings (SSSR count). The molecular formula is C18H21FN2O. The number of aryl methyl sites for hydroxylation is 2. The monoisotopic (exact) mass is 300 g/mol. The maximum absolute atomic E-state index is 12.9. The Morgan fingerprint density at radius 2 is 1.82 bits per heavy atom. The van der Waals surface area contributed by atoms with Gasteiger partial charge < -0.3 is 5.32 Å². The van der Waals surface area contributed by atoms with Crippen LogP contribution in [0.2, 0.25) is 0 Å². The molecule has 1 amide bonds. The van der Waals surface area contributed by atoms with E-state index in [0.29, 0.717) is 6.54 Å². The van der Waals surface area contributed by atoms with Crippen molar-refractivity contribution < 1.29 is 9.18 Å². The highest BCUT2D eigenvalue weighted by atomic mass is 19.1. The lowest BCUT2D eigenvalue weighted by atomic mass is 10.1. The highest BCUT2D eigenvalue weighted by Gasteiger charge is 2.09. The minimum atomic E-state index is -0.251. The Morgan fingerprint density at radius 1 is 1.14 bits per heavy atom. The summed E-state index contributed by atoms with van der Waals surface area (Å²) in [6.07, 6.45) is 0. The predicted molar refractivity (Wildman–Crippen MR) is 87.3 cm³/mol. The second-order valence-electron chi connectivity index (χ2n) is 5.67. The van der Waals surface area contributed by atoms with E-state index in [4.69, 9.17) is 0 Å². The van der Waals surface area contributed by atoms with Crippen molar-refractivity contribution in [1.29, 1.82) is 0 Å². The first kappa shape index (κ1) is 16.2. The number of amides is 1. The van der Waals surface area contributed by atoms with E-state index in [1.54, 1.807) is 12.1 Å². The fraction of sp³-hybridized carbons (Fsp3) is 0.278.